The van der Waals surface area contributed by atoms with Crippen molar-refractivity contribution in [2.45, 2.75) is 26.4 Å². The number of furan rings is 1. The van der Waals surface area contributed by atoms with Crippen molar-refractivity contribution in [2.75, 3.05) is 6.61 Å². The van der Waals surface area contributed by atoms with Gasteiger partial charge < -0.3 is 14.8 Å². The molecule has 0 radical (unpaired) electrons. The molecule has 0 aliphatic carbocycles. The van der Waals surface area contributed by atoms with Gasteiger partial charge in [0.1, 0.15) is 5.58 Å². The monoisotopic (exact) mass is 233 g/mol. The van der Waals surface area contributed by atoms with Gasteiger partial charge in [-0.25, -0.2) is 0 Å². The Hall–Kier alpha value is -1.32. The molecule has 1 atom stereocenters. The van der Waals surface area contributed by atoms with E-state index in [0.29, 0.717) is 5.92 Å². The summed E-state index contributed by atoms with van der Waals surface area (Å²) < 4.78 is 5.47. The van der Waals surface area contributed by atoms with Gasteiger partial charge >= 0.3 is 0 Å². The van der Waals surface area contributed by atoms with Crippen LogP contribution in [0.1, 0.15) is 19.4 Å². The molecule has 0 aliphatic rings. The van der Waals surface area contributed by atoms with Crippen LogP contribution >= 0.6 is 0 Å². The first kappa shape index (κ1) is 12.1. The molecule has 1 heterocycles. The number of rotatable bonds is 5. The second kappa shape index (κ2) is 5.34. The topological polar surface area (TPSA) is 45.4 Å². The minimum Gasteiger partial charge on any atom is -0.464 e. The Morgan fingerprint density at radius 1 is 1.29 bits per heavy atom. The summed E-state index contributed by atoms with van der Waals surface area (Å²) in [6.45, 7) is 5.08. The maximum atomic E-state index is 9.25. The van der Waals surface area contributed by atoms with Crippen LogP contribution in [-0.4, -0.2) is 17.8 Å². The van der Waals surface area contributed by atoms with E-state index >= 15 is 0 Å². The van der Waals surface area contributed by atoms with Crippen molar-refractivity contribution >= 4 is 11.0 Å². The number of benzene rings is 1. The van der Waals surface area contributed by atoms with Crippen molar-refractivity contribution in [3.8, 4) is 0 Å². The van der Waals surface area contributed by atoms with Gasteiger partial charge in [-0.05, 0) is 12.0 Å². The lowest BCUT2D eigenvalue weighted by Crippen LogP contribution is -2.36. The van der Waals surface area contributed by atoms with Gasteiger partial charge in [0.2, 0.25) is 0 Å². The summed E-state index contributed by atoms with van der Waals surface area (Å²) in [7, 11) is 0. The second-order valence-corrected chi connectivity index (χ2v) is 4.67. The van der Waals surface area contributed by atoms with E-state index in [1.54, 1.807) is 6.26 Å². The van der Waals surface area contributed by atoms with Crippen LogP contribution in [0.4, 0.5) is 0 Å². The highest BCUT2D eigenvalue weighted by molar-refractivity contribution is 5.80. The van der Waals surface area contributed by atoms with E-state index in [-0.39, 0.29) is 12.6 Å². The highest BCUT2D eigenvalue weighted by atomic mass is 16.3. The standard InChI is InChI=1S/C14H19NO2/c1-10(2)13(8-16)15-7-11-9-17-14-6-4-3-5-12(11)14/h3-6,9-10,13,15-16H,7-8H2,1-2H3/t13-/m1/s1. The Balaban J connectivity index is 2.08. The quantitative estimate of drug-likeness (QED) is 0.834. The zero-order chi connectivity index (χ0) is 12.3. The highest BCUT2D eigenvalue weighted by Crippen LogP contribution is 2.20. The van der Waals surface area contributed by atoms with Crippen LogP contribution in [0.25, 0.3) is 11.0 Å². The van der Waals surface area contributed by atoms with Crippen molar-refractivity contribution < 1.29 is 9.52 Å². The molecule has 0 aliphatic heterocycles. The molecule has 92 valence electrons. The largest absolute Gasteiger partial charge is 0.464 e. The third-order valence-electron chi connectivity index (χ3n) is 3.12. The van der Waals surface area contributed by atoms with E-state index in [9.17, 15) is 5.11 Å². The maximum Gasteiger partial charge on any atom is 0.134 e. The fourth-order valence-corrected chi connectivity index (χ4v) is 1.92. The lowest BCUT2D eigenvalue weighted by atomic mass is 10.0. The average molecular weight is 233 g/mol. The lowest BCUT2D eigenvalue weighted by molar-refractivity contribution is 0.210. The molecule has 1 aromatic carbocycles. The number of hydrogen-bond donors (Lipinski definition) is 2. The maximum absolute atomic E-state index is 9.25. The minimum absolute atomic E-state index is 0.128. The van der Waals surface area contributed by atoms with Crippen molar-refractivity contribution in [3.05, 3.63) is 36.1 Å². The van der Waals surface area contributed by atoms with Crippen LogP contribution < -0.4 is 5.32 Å². The van der Waals surface area contributed by atoms with Gasteiger partial charge in [-0.1, -0.05) is 32.0 Å². The average Bonchev–Trinajstić information content (AvgIpc) is 2.73. The Bertz CT molecular complexity index is 476. The SMILES string of the molecule is CC(C)[C@@H](CO)NCc1coc2ccccc12. The second-order valence-electron chi connectivity index (χ2n) is 4.67. The van der Waals surface area contributed by atoms with E-state index in [1.807, 2.05) is 18.2 Å². The highest BCUT2D eigenvalue weighted by Gasteiger charge is 2.12. The molecular formula is C14H19NO2. The van der Waals surface area contributed by atoms with E-state index in [0.717, 1.165) is 23.1 Å². The Labute approximate surface area is 101 Å². The molecule has 0 fully saturated rings. The number of para-hydroxylation sites is 1. The van der Waals surface area contributed by atoms with Gasteiger partial charge in [0.25, 0.3) is 0 Å². The number of hydrogen-bond acceptors (Lipinski definition) is 3. The first-order valence-electron chi connectivity index (χ1n) is 6.01. The van der Waals surface area contributed by atoms with Crippen LogP contribution in [0.15, 0.2) is 34.9 Å². The lowest BCUT2D eigenvalue weighted by Gasteiger charge is -2.19. The van der Waals surface area contributed by atoms with Crippen LogP contribution in [0.3, 0.4) is 0 Å². The van der Waals surface area contributed by atoms with E-state index in [2.05, 4.69) is 25.2 Å². The fourth-order valence-electron chi connectivity index (χ4n) is 1.92. The summed E-state index contributed by atoms with van der Waals surface area (Å²) in [5.74, 6) is 0.415. The molecule has 1 aromatic heterocycles. The van der Waals surface area contributed by atoms with E-state index < -0.39 is 0 Å². The van der Waals surface area contributed by atoms with Crippen molar-refractivity contribution in [1.82, 2.24) is 5.32 Å². The summed E-state index contributed by atoms with van der Waals surface area (Å²) >= 11 is 0. The Morgan fingerprint density at radius 3 is 2.76 bits per heavy atom. The van der Waals surface area contributed by atoms with Crippen LogP contribution in [0.2, 0.25) is 0 Å². The molecule has 17 heavy (non-hydrogen) atoms. The number of aliphatic hydroxyl groups excluding tert-OH is 1. The molecule has 3 nitrogen and oxygen atoms in total. The minimum atomic E-state index is 0.128. The summed E-state index contributed by atoms with van der Waals surface area (Å²) in [6.07, 6.45) is 1.78. The van der Waals surface area contributed by atoms with Gasteiger partial charge in [-0.2, -0.15) is 0 Å². The fraction of sp³-hybridized carbons (Fsp3) is 0.429. The third kappa shape index (κ3) is 2.68. The van der Waals surface area contributed by atoms with Gasteiger partial charge in [0.05, 0.1) is 12.9 Å². The predicted molar refractivity (Wildman–Crippen MR) is 68.8 cm³/mol. The molecule has 0 unspecified atom stereocenters. The Morgan fingerprint density at radius 2 is 2.06 bits per heavy atom. The van der Waals surface area contributed by atoms with Crippen molar-refractivity contribution in [3.63, 3.8) is 0 Å². The summed E-state index contributed by atoms with van der Waals surface area (Å²) in [6, 6.07) is 8.12. The van der Waals surface area contributed by atoms with Crippen molar-refractivity contribution in [1.29, 1.82) is 0 Å². The first-order chi connectivity index (χ1) is 8.22. The molecule has 2 rings (SSSR count). The number of aliphatic hydroxyl groups is 1. The van der Waals surface area contributed by atoms with E-state index in [1.165, 1.54) is 0 Å². The molecule has 0 bridgehead atoms. The molecule has 0 amide bonds. The number of fused-ring (bicyclic) bond motifs is 1. The molecule has 2 N–H and O–H groups in total. The predicted octanol–water partition coefficient (Wildman–Crippen LogP) is 2.54. The molecule has 3 heteroatoms. The zero-order valence-electron chi connectivity index (χ0n) is 10.3. The van der Waals surface area contributed by atoms with Crippen molar-refractivity contribution in [2.24, 2.45) is 5.92 Å². The van der Waals surface area contributed by atoms with Crippen LogP contribution in [0, 0.1) is 5.92 Å². The summed E-state index contributed by atoms with van der Waals surface area (Å²) in [4.78, 5) is 0. The molecule has 0 saturated heterocycles. The van der Waals surface area contributed by atoms with Crippen LogP contribution in [-0.2, 0) is 6.54 Å². The first-order valence-corrected chi connectivity index (χ1v) is 6.01. The summed E-state index contributed by atoms with van der Waals surface area (Å²) in [5.41, 5.74) is 2.05. The smallest absolute Gasteiger partial charge is 0.134 e. The molecule has 0 saturated carbocycles. The van der Waals surface area contributed by atoms with Gasteiger partial charge in [0.15, 0.2) is 0 Å². The normalized spacial score (nSPS) is 13.4. The van der Waals surface area contributed by atoms with Gasteiger partial charge in [-0.3, -0.25) is 0 Å². The molecular weight excluding hydrogens is 214 g/mol. The van der Waals surface area contributed by atoms with Gasteiger partial charge in [-0.15, -0.1) is 0 Å². The van der Waals surface area contributed by atoms with Crippen LogP contribution in [0.5, 0.6) is 0 Å². The van der Waals surface area contributed by atoms with E-state index in [4.69, 9.17) is 4.42 Å². The zero-order valence-corrected chi connectivity index (χ0v) is 10.3. The third-order valence-corrected chi connectivity index (χ3v) is 3.12. The Kier molecular flexibility index (Phi) is 3.82. The number of nitrogens with one attached hydrogen (secondary N) is 1. The molecule has 2 aromatic rings. The molecule has 0 spiro atoms. The van der Waals surface area contributed by atoms with Gasteiger partial charge in [0, 0.05) is 23.5 Å². The summed E-state index contributed by atoms with van der Waals surface area (Å²) in [5, 5.41) is 13.7.